The molecule has 18 heavy (non-hydrogen) atoms. The van der Waals surface area contributed by atoms with Gasteiger partial charge < -0.3 is 5.11 Å². The summed E-state index contributed by atoms with van der Waals surface area (Å²) in [5.74, 6) is -0.770. The monoisotopic (exact) mass is 247 g/mol. The lowest BCUT2D eigenvalue weighted by atomic mass is 10.1. The van der Waals surface area contributed by atoms with Crippen molar-refractivity contribution in [3.05, 3.63) is 35.4 Å². The molecule has 1 aliphatic carbocycles. The van der Waals surface area contributed by atoms with Gasteiger partial charge in [-0.3, -0.25) is 9.69 Å². The molecular formula is C15H21NO2. The molecule has 3 nitrogen and oxygen atoms in total. The standard InChI is InChI=1S/C15H21NO2/c1-2-9-16(14-7-8-14)11-13-5-3-12(4-6-13)10-15(17)18/h3-6,14H,2,7-11H2,1H3,(H,17,18). The summed E-state index contributed by atoms with van der Waals surface area (Å²) in [4.78, 5) is 13.1. The number of hydrogen-bond acceptors (Lipinski definition) is 2. The maximum atomic E-state index is 10.6. The summed E-state index contributed by atoms with van der Waals surface area (Å²) in [6.45, 7) is 4.36. The van der Waals surface area contributed by atoms with Gasteiger partial charge in [0.05, 0.1) is 6.42 Å². The molecule has 0 bridgehead atoms. The van der Waals surface area contributed by atoms with E-state index in [-0.39, 0.29) is 6.42 Å². The SMILES string of the molecule is CCCN(Cc1ccc(CC(=O)O)cc1)C1CC1. The molecule has 1 aromatic carbocycles. The molecule has 0 unspecified atom stereocenters. The highest BCUT2D eigenvalue weighted by molar-refractivity contribution is 5.70. The first-order valence-electron chi connectivity index (χ1n) is 6.72. The van der Waals surface area contributed by atoms with Crippen LogP contribution < -0.4 is 0 Å². The third kappa shape index (κ3) is 3.84. The van der Waals surface area contributed by atoms with Crippen LogP contribution in [0.15, 0.2) is 24.3 Å². The summed E-state index contributed by atoms with van der Waals surface area (Å²) in [5, 5.41) is 8.72. The van der Waals surface area contributed by atoms with E-state index in [9.17, 15) is 4.79 Å². The molecule has 0 radical (unpaired) electrons. The van der Waals surface area contributed by atoms with E-state index in [1.165, 1.54) is 24.8 Å². The highest BCUT2D eigenvalue weighted by Gasteiger charge is 2.28. The molecule has 0 atom stereocenters. The van der Waals surface area contributed by atoms with Gasteiger partial charge in [-0.2, -0.15) is 0 Å². The Bertz CT molecular complexity index is 395. The predicted octanol–water partition coefficient (Wildman–Crippen LogP) is 2.69. The van der Waals surface area contributed by atoms with Crippen LogP contribution in [0.25, 0.3) is 0 Å². The van der Waals surface area contributed by atoms with Crippen LogP contribution in [0.4, 0.5) is 0 Å². The maximum absolute atomic E-state index is 10.6. The number of hydrogen-bond donors (Lipinski definition) is 1. The molecule has 0 amide bonds. The van der Waals surface area contributed by atoms with Gasteiger partial charge in [-0.15, -0.1) is 0 Å². The lowest BCUT2D eigenvalue weighted by Gasteiger charge is -2.21. The summed E-state index contributed by atoms with van der Waals surface area (Å²) in [6, 6.07) is 8.76. The van der Waals surface area contributed by atoms with Gasteiger partial charge in [0.2, 0.25) is 0 Å². The second kappa shape index (κ2) is 6.01. The van der Waals surface area contributed by atoms with Crippen LogP contribution in [-0.4, -0.2) is 28.6 Å². The van der Waals surface area contributed by atoms with Gasteiger partial charge >= 0.3 is 5.97 Å². The van der Waals surface area contributed by atoms with Gasteiger partial charge in [0.25, 0.3) is 0 Å². The summed E-state index contributed by atoms with van der Waals surface area (Å²) in [6.07, 6.45) is 3.96. The smallest absolute Gasteiger partial charge is 0.307 e. The summed E-state index contributed by atoms with van der Waals surface area (Å²) < 4.78 is 0. The predicted molar refractivity (Wildman–Crippen MR) is 71.5 cm³/mol. The third-order valence-corrected chi connectivity index (χ3v) is 3.34. The molecule has 1 N–H and O–H groups in total. The van der Waals surface area contributed by atoms with Gasteiger partial charge in [0, 0.05) is 12.6 Å². The number of carboxylic acid groups (broad SMARTS) is 1. The van der Waals surface area contributed by atoms with E-state index in [2.05, 4.69) is 24.0 Å². The van der Waals surface area contributed by atoms with Gasteiger partial charge in [-0.1, -0.05) is 31.2 Å². The maximum Gasteiger partial charge on any atom is 0.307 e. The van der Waals surface area contributed by atoms with E-state index < -0.39 is 5.97 Å². The van der Waals surface area contributed by atoms with Crippen LogP contribution in [0.1, 0.15) is 37.3 Å². The van der Waals surface area contributed by atoms with Crippen molar-refractivity contribution in [3.63, 3.8) is 0 Å². The van der Waals surface area contributed by atoms with E-state index in [1.807, 2.05) is 12.1 Å². The van der Waals surface area contributed by atoms with Crippen LogP contribution >= 0.6 is 0 Å². The van der Waals surface area contributed by atoms with Gasteiger partial charge in [0.15, 0.2) is 0 Å². The number of benzene rings is 1. The molecule has 2 rings (SSSR count). The molecule has 0 aromatic heterocycles. The van der Waals surface area contributed by atoms with Crippen molar-refractivity contribution in [2.24, 2.45) is 0 Å². The zero-order valence-corrected chi connectivity index (χ0v) is 10.9. The van der Waals surface area contributed by atoms with Crippen molar-refractivity contribution in [1.29, 1.82) is 0 Å². The van der Waals surface area contributed by atoms with E-state index >= 15 is 0 Å². The Morgan fingerprint density at radius 3 is 2.39 bits per heavy atom. The fourth-order valence-corrected chi connectivity index (χ4v) is 2.29. The number of carbonyl (C=O) groups is 1. The second-order valence-corrected chi connectivity index (χ2v) is 5.09. The molecule has 0 spiro atoms. The Labute approximate surface area is 108 Å². The van der Waals surface area contributed by atoms with Crippen molar-refractivity contribution in [2.45, 2.75) is 45.2 Å². The largest absolute Gasteiger partial charge is 0.481 e. The number of nitrogens with zero attached hydrogens (tertiary/aromatic N) is 1. The van der Waals surface area contributed by atoms with Crippen LogP contribution in [-0.2, 0) is 17.8 Å². The minimum atomic E-state index is -0.770. The van der Waals surface area contributed by atoms with Crippen LogP contribution in [0.2, 0.25) is 0 Å². The molecule has 98 valence electrons. The first kappa shape index (κ1) is 13.1. The lowest BCUT2D eigenvalue weighted by Crippen LogP contribution is -2.26. The van der Waals surface area contributed by atoms with E-state index in [0.29, 0.717) is 0 Å². The van der Waals surface area contributed by atoms with Crippen molar-refractivity contribution in [2.75, 3.05) is 6.54 Å². The molecule has 0 saturated heterocycles. The quantitative estimate of drug-likeness (QED) is 0.805. The zero-order chi connectivity index (χ0) is 13.0. The van der Waals surface area contributed by atoms with Crippen LogP contribution in [0, 0.1) is 0 Å². The summed E-state index contributed by atoms with van der Waals surface area (Å²) in [5.41, 5.74) is 2.16. The molecule has 0 aliphatic heterocycles. The highest BCUT2D eigenvalue weighted by Crippen LogP contribution is 2.28. The zero-order valence-electron chi connectivity index (χ0n) is 10.9. The lowest BCUT2D eigenvalue weighted by molar-refractivity contribution is -0.136. The van der Waals surface area contributed by atoms with Gasteiger partial charge in [0.1, 0.15) is 0 Å². The first-order valence-corrected chi connectivity index (χ1v) is 6.72. The van der Waals surface area contributed by atoms with Crippen molar-refractivity contribution in [1.82, 2.24) is 4.90 Å². The molecule has 3 heteroatoms. The fraction of sp³-hybridized carbons (Fsp3) is 0.533. The minimum Gasteiger partial charge on any atom is -0.481 e. The third-order valence-electron chi connectivity index (χ3n) is 3.34. The van der Waals surface area contributed by atoms with Crippen molar-refractivity contribution < 1.29 is 9.90 Å². The minimum absolute atomic E-state index is 0.113. The molecule has 1 saturated carbocycles. The Kier molecular flexibility index (Phi) is 4.37. The normalized spacial score (nSPS) is 15.0. The van der Waals surface area contributed by atoms with Crippen molar-refractivity contribution >= 4 is 5.97 Å². The Morgan fingerprint density at radius 2 is 1.89 bits per heavy atom. The average Bonchev–Trinajstić information content (AvgIpc) is 3.14. The average molecular weight is 247 g/mol. The summed E-state index contributed by atoms with van der Waals surface area (Å²) in [7, 11) is 0. The number of carboxylic acids is 1. The Morgan fingerprint density at radius 1 is 1.28 bits per heavy atom. The Balaban J connectivity index is 1.93. The van der Waals surface area contributed by atoms with E-state index in [0.717, 1.165) is 24.7 Å². The Hall–Kier alpha value is -1.35. The summed E-state index contributed by atoms with van der Waals surface area (Å²) >= 11 is 0. The van der Waals surface area contributed by atoms with E-state index in [4.69, 9.17) is 5.11 Å². The molecule has 1 fully saturated rings. The van der Waals surface area contributed by atoms with Gasteiger partial charge in [-0.05, 0) is 36.9 Å². The van der Waals surface area contributed by atoms with Gasteiger partial charge in [-0.25, -0.2) is 0 Å². The van der Waals surface area contributed by atoms with Crippen molar-refractivity contribution in [3.8, 4) is 0 Å². The second-order valence-electron chi connectivity index (χ2n) is 5.09. The topological polar surface area (TPSA) is 40.5 Å². The highest BCUT2D eigenvalue weighted by atomic mass is 16.4. The molecular weight excluding hydrogens is 226 g/mol. The van der Waals surface area contributed by atoms with E-state index in [1.54, 1.807) is 0 Å². The first-order chi connectivity index (χ1) is 8.69. The number of rotatable bonds is 7. The fourth-order valence-electron chi connectivity index (χ4n) is 2.29. The van der Waals surface area contributed by atoms with Crippen LogP contribution in [0.5, 0.6) is 0 Å². The number of aliphatic carboxylic acids is 1. The molecule has 1 aliphatic rings. The van der Waals surface area contributed by atoms with Crippen LogP contribution in [0.3, 0.4) is 0 Å². The molecule has 1 aromatic rings. The molecule has 0 heterocycles.